The van der Waals surface area contributed by atoms with Gasteiger partial charge in [-0.25, -0.2) is 0 Å². The van der Waals surface area contributed by atoms with E-state index < -0.39 is 0 Å². The van der Waals surface area contributed by atoms with Crippen LogP contribution in [-0.2, 0) is 4.74 Å². The number of hydrogen-bond acceptors (Lipinski definition) is 1. The molecular weight excluding hydrogens is 160 g/mol. The van der Waals surface area contributed by atoms with Crippen molar-refractivity contribution in [3.63, 3.8) is 0 Å². The maximum atomic E-state index is 5.28. The van der Waals surface area contributed by atoms with E-state index in [1.54, 1.807) is 0 Å². The summed E-state index contributed by atoms with van der Waals surface area (Å²) in [5.74, 6) is 0. The summed E-state index contributed by atoms with van der Waals surface area (Å²) < 4.78 is 5.28. The average Bonchev–Trinajstić information content (AvgIpc) is 2.85. The van der Waals surface area contributed by atoms with Gasteiger partial charge < -0.3 is 4.74 Å². The number of hydrogen-bond donors (Lipinski definition) is 0. The van der Waals surface area contributed by atoms with Gasteiger partial charge in [-0.15, -0.1) is 6.58 Å². The van der Waals surface area contributed by atoms with Crippen LogP contribution in [0.4, 0.5) is 0 Å². The Hall–Kier alpha value is -0.300. The van der Waals surface area contributed by atoms with E-state index in [0.29, 0.717) is 12.2 Å². The largest absolute Gasteiger partial charge is 0.370 e. The van der Waals surface area contributed by atoms with Crippen molar-refractivity contribution in [1.82, 2.24) is 0 Å². The van der Waals surface area contributed by atoms with Crippen LogP contribution < -0.4 is 0 Å². The summed E-state index contributed by atoms with van der Waals surface area (Å²) in [6.45, 7) is 11.5. The van der Waals surface area contributed by atoms with Gasteiger partial charge in [0.1, 0.15) is 0 Å². The summed E-state index contributed by atoms with van der Waals surface area (Å²) in [5.41, 5.74) is 1.17. The molecule has 0 N–H and O–H groups in total. The first-order valence-corrected chi connectivity index (χ1v) is 5.47. The lowest BCUT2D eigenvalue weighted by Gasteiger charge is -2.00. The van der Waals surface area contributed by atoms with Gasteiger partial charge in [0, 0.05) is 0 Å². The van der Waals surface area contributed by atoms with Gasteiger partial charge in [-0.05, 0) is 26.7 Å². The van der Waals surface area contributed by atoms with Crippen LogP contribution in [0.15, 0.2) is 12.2 Å². The van der Waals surface area contributed by atoms with Gasteiger partial charge in [0.25, 0.3) is 0 Å². The van der Waals surface area contributed by atoms with Crippen LogP contribution in [0.3, 0.4) is 0 Å². The number of allylic oxidation sites excluding steroid dienone is 1. The van der Waals surface area contributed by atoms with Crippen LogP contribution in [0, 0.1) is 0 Å². The predicted molar refractivity (Wildman–Crippen MR) is 59.0 cm³/mol. The zero-order valence-electron chi connectivity index (χ0n) is 9.60. The molecule has 2 fully saturated rings. The van der Waals surface area contributed by atoms with Gasteiger partial charge in [0.2, 0.25) is 0 Å². The third kappa shape index (κ3) is 6.83. The lowest BCUT2D eigenvalue weighted by atomic mass is 10.0. The van der Waals surface area contributed by atoms with Gasteiger partial charge >= 0.3 is 0 Å². The van der Waals surface area contributed by atoms with Crippen molar-refractivity contribution in [1.29, 1.82) is 0 Å². The van der Waals surface area contributed by atoms with Crippen LogP contribution in [0.2, 0.25) is 0 Å². The van der Waals surface area contributed by atoms with Crippen LogP contribution >= 0.6 is 0 Å². The highest BCUT2D eigenvalue weighted by molar-refractivity contribution is 4.87. The highest BCUT2D eigenvalue weighted by atomic mass is 16.6. The fourth-order valence-corrected chi connectivity index (χ4v) is 1.38. The van der Waals surface area contributed by atoms with Crippen molar-refractivity contribution >= 4 is 0 Å². The third-order valence-electron chi connectivity index (χ3n) is 1.91. The van der Waals surface area contributed by atoms with Crippen molar-refractivity contribution in [3.05, 3.63) is 12.2 Å². The first-order valence-electron chi connectivity index (χ1n) is 5.47. The Bertz CT molecular complexity index is 126. The van der Waals surface area contributed by atoms with E-state index in [-0.39, 0.29) is 0 Å². The van der Waals surface area contributed by atoms with Crippen molar-refractivity contribution < 1.29 is 4.74 Å². The highest BCUT2D eigenvalue weighted by Gasteiger charge is 2.39. The molecule has 13 heavy (non-hydrogen) atoms. The molecule has 78 valence electrons. The molecule has 1 saturated heterocycles. The Morgan fingerprint density at radius 1 is 1.08 bits per heavy atom. The maximum absolute atomic E-state index is 5.28. The van der Waals surface area contributed by atoms with Gasteiger partial charge in [-0.1, -0.05) is 32.3 Å². The van der Waals surface area contributed by atoms with Crippen LogP contribution in [-0.4, -0.2) is 12.2 Å². The quantitative estimate of drug-likeness (QED) is 0.410. The highest BCUT2D eigenvalue weighted by Crippen LogP contribution is 2.35. The van der Waals surface area contributed by atoms with E-state index >= 15 is 0 Å². The van der Waals surface area contributed by atoms with Crippen molar-refractivity contribution in [2.45, 2.75) is 65.6 Å². The molecule has 1 aliphatic carbocycles. The minimum atomic E-state index is 0.703. The van der Waals surface area contributed by atoms with Gasteiger partial charge in [-0.2, -0.15) is 0 Å². The second-order valence-corrected chi connectivity index (χ2v) is 3.70. The van der Waals surface area contributed by atoms with E-state index in [2.05, 4.69) is 6.58 Å². The van der Waals surface area contributed by atoms with Gasteiger partial charge in [-0.3, -0.25) is 0 Å². The van der Waals surface area contributed by atoms with Gasteiger partial charge in [0.05, 0.1) is 12.2 Å². The summed E-state index contributed by atoms with van der Waals surface area (Å²) in [6.07, 6.45) is 6.89. The van der Waals surface area contributed by atoms with Gasteiger partial charge in [0.15, 0.2) is 0 Å². The SMILES string of the molecule is C1CCC2OC2C1.C=C(C)C.CC. The minimum Gasteiger partial charge on any atom is -0.370 e. The molecule has 0 aromatic heterocycles. The standard InChI is InChI=1S/C6H10O.C4H8.C2H6/c1-2-4-6-5(3-1)7-6;1-4(2)3;1-2/h5-6H,1-4H2;1H2,2-3H3;1-2H3. The molecule has 0 radical (unpaired) electrons. The van der Waals surface area contributed by atoms with E-state index in [0.717, 1.165) is 0 Å². The molecule has 1 heterocycles. The first kappa shape index (κ1) is 12.7. The lowest BCUT2D eigenvalue weighted by Crippen LogP contribution is -2.00. The van der Waals surface area contributed by atoms with E-state index in [9.17, 15) is 0 Å². The molecule has 1 aliphatic heterocycles. The summed E-state index contributed by atoms with van der Waals surface area (Å²) in [6, 6.07) is 0. The Kier molecular flexibility index (Phi) is 6.97. The van der Waals surface area contributed by atoms with Crippen LogP contribution in [0.25, 0.3) is 0 Å². The Morgan fingerprint density at radius 3 is 1.62 bits per heavy atom. The number of ether oxygens (including phenoxy) is 1. The minimum absolute atomic E-state index is 0.703. The Morgan fingerprint density at radius 2 is 1.38 bits per heavy atom. The Balaban J connectivity index is 0.000000211. The number of rotatable bonds is 0. The summed E-state index contributed by atoms with van der Waals surface area (Å²) in [4.78, 5) is 0. The second kappa shape index (κ2) is 7.14. The molecule has 1 heteroatoms. The fraction of sp³-hybridized carbons (Fsp3) is 0.833. The molecule has 1 saturated carbocycles. The molecule has 0 aromatic rings. The molecule has 1 nitrogen and oxygen atoms in total. The number of epoxide rings is 1. The normalized spacial score (nSPS) is 28.3. The van der Waals surface area contributed by atoms with Crippen LogP contribution in [0.1, 0.15) is 53.4 Å². The van der Waals surface area contributed by atoms with Crippen molar-refractivity contribution in [2.75, 3.05) is 0 Å². The topological polar surface area (TPSA) is 12.5 Å². The summed E-state index contributed by atoms with van der Waals surface area (Å²) in [7, 11) is 0. The smallest absolute Gasteiger partial charge is 0.0841 e. The molecule has 0 bridgehead atoms. The molecule has 0 spiro atoms. The molecule has 2 aliphatic rings. The summed E-state index contributed by atoms with van der Waals surface area (Å²) >= 11 is 0. The molecule has 2 unspecified atom stereocenters. The van der Waals surface area contributed by atoms with E-state index in [1.165, 1.54) is 31.3 Å². The zero-order chi connectivity index (χ0) is 10.3. The van der Waals surface area contributed by atoms with E-state index in [1.807, 2.05) is 27.7 Å². The molecule has 0 amide bonds. The van der Waals surface area contributed by atoms with E-state index in [4.69, 9.17) is 4.74 Å². The lowest BCUT2D eigenvalue weighted by molar-refractivity contribution is 0.373. The summed E-state index contributed by atoms with van der Waals surface area (Å²) in [5, 5.41) is 0. The molecule has 0 aromatic carbocycles. The second-order valence-electron chi connectivity index (χ2n) is 3.70. The molecular formula is C12H24O. The number of fused-ring (bicyclic) bond motifs is 1. The third-order valence-corrected chi connectivity index (χ3v) is 1.91. The molecule has 2 atom stereocenters. The Labute approximate surface area is 83.2 Å². The molecule has 2 rings (SSSR count). The first-order chi connectivity index (χ1) is 6.20. The predicted octanol–water partition coefficient (Wildman–Crippen LogP) is 3.94. The van der Waals surface area contributed by atoms with Crippen molar-refractivity contribution in [2.24, 2.45) is 0 Å². The zero-order valence-corrected chi connectivity index (χ0v) is 9.60. The maximum Gasteiger partial charge on any atom is 0.0841 e. The van der Waals surface area contributed by atoms with Crippen molar-refractivity contribution in [3.8, 4) is 0 Å². The average molecular weight is 184 g/mol. The monoisotopic (exact) mass is 184 g/mol. The van der Waals surface area contributed by atoms with Crippen LogP contribution in [0.5, 0.6) is 0 Å². The fourth-order valence-electron chi connectivity index (χ4n) is 1.38.